The molecule has 1 aromatic rings. The third-order valence-electron chi connectivity index (χ3n) is 2.74. The van der Waals surface area contributed by atoms with E-state index in [-0.39, 0.29) is 5.95 Å². The topological polar surface area (TPSA) is 29.5 Å². The standard InChI is InChI=1S/C15H16O2/c1-3-17-15(16)14-11(2)9-10-13(14)12-7-5-4-6-8-12/h4-10,16H,3H2,1-2H3/b15-14+. The second-order valence-corrected chi connectivity index (χ2v) is 3.91. The number of benzene rings is 1. The van der Waals surface area contributed by atoms with Gasteiger partial charge in [-0.25, -0.2) is 0 Å². The Morgan fingerprint density at radius 1 is 1.18 bits per heavy atom. The molecule has 17 heavy (non-hydrogen) atoms. The maximum Gasteiger partial charge on any atom is 0.285 e. The lowest BCUT2D eigenvalue weighted by Crippen LogP contribution is -1.98. The average molecular weight is 228 g/mol. The van der Waals surface area contributed by atoms with E-state index in [1.54, 1.807) is 0 Å². The predicted molar refractivity (Wildman–Crippen MR) is 69.5 cm³/mol. The quantitative estimate of drug-likeness (QED) is 0.796. The molecule has 1 N–H and O–H groups in total. The van der Waals surface area contributed by atoms with Gasteiger partial charge in [-0.15, -0.1) is 0 Å². The fourth-order valence-corrected chi connectivity index (χ4v) is 1.94. The van der Waals surface area contributed by atoms with Crippen LogP contribution in [0.3, 0.4) is 0 Å². The van der Waals surface area contributed by atoms with Crippen LogP contribution in [0.1, 0.15) is 19.4 Å². The number of rotatable bonds is 3. The third kappa shape index (κ3) is 2.26. The summed E-state index contributed by atoms with van der Waals surface area (Å²) in [5.41, 5.74) is 3.91. The summed E-state index contributed by atoms with van der Waals surface area (Å²) in [6.07, 6.45) is 4.00. The zero-order chi connectivity index (χ0) is 12.3. The van der Waals surface area contributed by atoms with E-state index >= 15 is 0 Å². The van der Waals surface area contributed by atoms with Crippen LogP contribution in [0.25, 0.3) is 5.57 Å². The molecule has 0 fully saturated rings. The number of ether oxygens (including phenoxy) is 1. The van der Waals surface area contributed by atoms with E-state index in [9.17, 15) is 5.11 Å². The Morgan fingerprint density at radius 3 is 2.53 bits per heavy atom. The van der Waals surface area contributed by atoms with Crippen molar-refractivity contribution in [2.45, 2.75) is 13.8 Å². The first-order chi connectivity index (χ1) is 8.24. The molecular weight excluding hydrogens is 212 g/mol. The summed E-state index contributed by atoms with van der Waals surface area (Å²) in [4.78, 5) is 0. The van der Waals surface area contributed by atoms with E-state index in [1.165, 1.54) is 0 Å². The van der Waals surface area contributed by atoms with Crippen LogP contribution in [-0.4, -0.2) is 11.7 Å². The van der Waals surface area contributed by atoms with Gasteiger partial charge >= 0.3 is 0 Å². The van der Waals surface area contributed by atoms with Crippen LogP contribution < -0.4 is 0 Å². The van der Waals surface area contributed by atoms with Crippen LogP contribution in [0.4, 0.5) is 0 Å². The van der Waals surface area contributed by atoms with Gasteiger partial charge in [0, 0.05) is 0 Å². The first kappa shape index (κ1) is 11.5. The second kappa shape index (κ2) is 4.91. The summed E-state index contributed by atoms with van der Waals surface area (Å²) in [5.74, 6) is 0.00820. The molecule has 2 rings (SSSR count). The normalized spacial score (nSPS) is 17.5. The minimum absolute atomic E-state index is 0.00820. The lowest BCUT2D eigenvalue weighted by Gasteiger charge is -2.11. The lowest BCUT2D eigenvalue weighted by molar-refractivity contribution is 0.100. The maximum absolute atomic E-state index is 9.93. The number of aliphatic hydroxyl groups is 1. The molecule has 0 saturated heterocycles. The largest absolute Gasteiger partial charge is 0.481 e. The molecule has 0 atom stereocenters. The van der Waals surface area contributed by atoms with Crippen molar-refractivity contribution in [3.63, 3.8) is 0 Å². The zero-order valence-electron chi connectivity index (χ0n) is 10.1. The highest BCUT2D eigenvalue weighted by Gasteiger charge is 2.19. The smallest absolute Gasteiger partial charge is 0.285 e. The van der Waals surface area contributed by atoms with E-state index in [1.807, 2.05) is 56.3 Å². The number of allylic oxidation sites excluding steroid dienone is 5. The fourth-order valence-electron chi connectivity index (χ4n) is 1.94. The SMILES string of the molecule is CCO/C(O)=C1\C(C)=CC=C1c1ccccc1. The Bertz CT molecular complexity index is 493. The molecule has 0 unspecified atom stereocenters. The monoisotopic (exact) mass is 228 g/mol. The van der Waals surface area contributed by atoms with Gasteiger partial charge in [-0.1, -0.05) is 42.5 Å². The van der Waals surface area contributed by atoms with Gasteiger partial charge in [0.2, 0.25) is 0 Å². The second-order valence-electron chi connectivity index (χ2n) is 3.91. The van der Waals surface area contributed by atoms with Crippen molar-refractivity contribution >= 4 is 5.57 Å². The van der Waals surface area contributed by atoms with Crippen LogP contribution in [0.2, 0.25) is 0 Å². The fraction of sp³-hybridized carbons (Fsp3) is 0.200. The number of aliphatic hydroxyl groups excluding tert-OH is 1. The first-order valence-corrected chi connectivity index (χ1v) is 5.74. The molecule has 88 valence electrons. The molecular formula is C15H16O2. The lowest BCUT2D eigenvalue weighted by atomic mass is 9.98. The van der Waals surface area contributed by atoms with Gasteiger partial charge in [-0.3, -0.25) is 0 Å². The summed E-state index contributed by atoms with van der Waals surface area (Å²) < 4.78 is 5.20. The summed E-state index contributed by atoms with van der Waals surface area (Å²) in [5, 5.41) is 9.93. The van der Waals surface area contributed by atoms with Crippen molar-refractivity contribution < 1.29 is 9.84 Å². The van der Waals surface area contributed by atoms with Crippen molar-refractivity contribution in [1.29, 1.82) is 0 Å². The van der Waals surface area contributed by atoms with Gasteiger partial charge in [-0.05, 0) is 30.6 Å². The minimum atomic E-state index is 0.00820. The first-order valence-electron chi connectivity index (χ1n) is 5.74. The van der Waals surface area contributed by atoms with Crippen LogP contribution in [0.5, 0.6) is 0 Å². The van der Waals surface area contributed by atoms with Crippen LogP contribution in [0, 0.1) is 0 Å². The summed E-state index contributed by atoms with van der Waals surface area (Å²) in [6, 6.07) is 10.00. The van der Waals surface area contributed by atoms with Crippen molar-refractivity contribution in [2.75, 3.05) is 6.61 Å². The van der Waals surface area contributed by atoms with Crippen LogP contribution >= 0.6 is 0 Å². The highest BCUT2D eigenvalue weighted by molar-refractivity contribution is 5.88. The molecule has 1 aliphatic rings. The molecule has 2 heteroatoms. The maximum atomic E-state index is 9.93. The van der Waals surface area contributed by atoms with Crippen molar-refractivity contribution in [3.05, 3.63) is 65.1 Å². The summed E-state index contributed by atoms with van der Waals surface area (Å²) in [7, 11) is 0. The van der Waals surface area contributed by atoms with Gasteiger partial charge in [0.05, 0.1) is 12.2 Å². The Morgan fingerprint density at radius 2 is 1.88 bits per heavy atom. The van der Waals surface area contributed by atoms with Gasteiger partial charge in [-0.2, -0.15) is 0 Å². The molecule has 0 amide bonds. The van der Waals surface area contributed by atoms with E-state index in [0.29, 0.717) is 6.61 Å². The van der Waals surface area contributed by atoms with E-state index in [4.69, 9.17) is 4.74 Å². The Kier molecular flexibility index (Phi) is 3.33. The number of hydrogen-bond donors (Lipinski definition) is 1. The zero-order valence-corrected chi connectivity index (χ0v) is 10.1. The summed E-state index contributed by atoms with van der Waals surface area (Å²) >= 11 is 0. The van der Waals surface area contributed by atoms with Gasteiger partial charge in [0.1, 0.15) is 0 Å². The van der Waals surface area contributed by atoms with Crippen molar-refractivity contribution in [2.24, 2.45) is 0 Å². The van der Waals surface area contributed by atoms with Crippen molar-refractivity contribution in [3.8, 4) is 0 Å². The molecule has 1 aliphatic carbocycles. The molecule has 1 aromatic carbocycles. The molecule has 0 bridgehead atoms. The van der Waals surface area contributed by atoms with Crippen molar-refractivity contribution in [1.82, 2.24) is 0 Å². The summed E-state index contributed by atoms with van der Waals surface area (Å²) in [6.45, 7) is 4.29. The average Bonchev–Trinajstić information content (AvgIpc) is 2.73. The van der Waals surface area contributed by atoms with Gasteiger partial charge < -0.3 is 9.84 Å². The highest BCUT2D eigenvalue weighted by atomic mass is 16.6. The minimum Gasteiger partial charge on any atom is -0.481 e. The van der Waals surface area contributed by atoms with Gasteiger partial charge in [0.25, 0.3) is 5.95 Å². The number of hydrogen-bond acceptors (Lipinski definition) is 2. The molecule has 0 heterocycles. The van der Waals surface area contributed by atoms with E-state index in [2.05, 4.69) is 0 Å². The molecule has 0 saturated carbocycles. The predicted octanol–water partition coefficient (Wildman–Crippen LogP) is 3.84. The Balaban J connectivity index is 2.41. The molecule has 0 spiro atoms. The van der Waals surface area contributed by atoms with Crippen LogP contribution in [0.15, 0.2) is 59.6 Å². The van der Waals surface area contributed by atoms with E-state index < -0.39 is 0 Å². The van der Waals surface area contributed by atoms with Gasteiger partial charge in [0.15, 0.2) is 0 Å². The molecule has 0 aliphatic heterocycles. The molecule has 2 nitrogen and oxygen atoms in total. The van der Waals surface area contributed by atoms with E-state index in [0.717, 1.165) is 22.3 Å². The third-order valence-corrected chi connectivity index (χ3v) is 2.74. The molecule has 0 radical (unpaired) electrons. The Hall–Kier alpha value is -1.96. The molecule has 0 aromatic heterocycles. The Labute approximate surface area is 102 Å². The van der Waals surface area contributed by atoms with Crippen LogP contribution in [-0.2, 0) is 4.74 Å². The highest BCUT2D eigenvalue weighted by Crippen LogP contribution is 2.35.